The summed E-state index contributed by atoms with van der Waals surface area (Å²) >= 11 is 3.66. The summed E-state index contributed by atoms with van der Waals surface area (Å²) in [7, 11) is 0. The van der Waals surface area contributed by atoms with Crippen molar-refractivity contribution >= 4 is 21.6 Å². The molecule has 2 aromatic carbocycles. The van der Waals surface area contributed by atoms with Gasteiger partial charge in [-0.2, -0.15) is 0 Å². The zero-order valence-corrected chi connectivity index (χ0v) is 13.5. The van der Waals surface area contributed by atoms with Gasteiger partial charge < -0.3 is 5.32 Å². The number of rotatable bonds is 3. The van der Waals surface area contributed by atoms with Crippen molar-refractivity contribution in [2.45, 2.75) is 33.7 Å². The van der Waals surface area contributed by atoms with E-state index in [1.54, 1.807) is 0 Å². The highest BCUT2D eigenvalue weighted by Crippen LogP contribution is 2.31. The van der Waals surface area contributed by atoms with Gasteiger partial charge in [0.2, 0.25) is 0 Å². The summed E-state index contributed by atoms with van der Waals surface area (Å²) in [6, 6.07) is 13.2. The van der Waals surface area contributed by atoms with Crippen LogP contribution in [0.4, 0.5) is 5.69 Å². The second-order valence-electron chi connectivity index (χ2n) is 5.16. The summed E-state index contributed by atoms with van der Waals surface area (Å²) in [5.74, 6) is 0. The fraction of sp³-hybridized carbons (Fsp3) is 0.294. The molecule has 0 aliphatic heterocycles. The highest BCUT2D eigenvalue weighted by Gasteiger charge is 2.11. The van der Waals surface area contributed by atoms with Crippen molar-refractivity contribution in [2.75, 3.05) is 5.32 Å². The van der Waals surface area contributed by atoms with Crippen LogP contribution in [0.3, 0.4) is 0 Å². The average Bonchev–Trinajstić information content (AvgIpc) is 2.34. The van der Waals surface area contributed by atoms with Gasteiger partial charge in [-0.3, -0.25) is 0 Å². The standard InChI is InChI=1S/C17H20BrN/c1-11-9-13(3)17(16(18)10-11)19-14(4)15-8-6-5-7-12(15)2/h5-10,14,19H,1-4H3. The lowest BCUT2D eigenvalue weighted by atomic mass is 10.0. The largest absolute Gasteiger partial charge is 0.377 e. The van der Waals surface area contributed by atoms with E-state index < -0.39 is 0 Å². The Morgan fingerprint density at radius 3 is 2.32 bits per heavy atom. The van der Waals surface area contributed by atoms with Crippen LogP contribution < -0.4 is 5.32 Å². The maximum atomic E-state index is 3.66. The zero-order chi connectivity index (χ0) is 14.0. The molecule has 2 aromatic rings. The fourth-order valence-electron chi connectivity index (χ4n) is 2.47. The smallest absolute Gasteiger partial charge is 0.0519 e. The van der Waals surface area contributed by atoms with Gasteiger partial charge in [0.1, 0.15) is 0 Å². The van der Waals surface area contributed by atoms with Gasteiger partial charge in [0, 0.05) is 10.5 Å². The normalized spacial score (nSPS) is 12.3. The van der Waals surface area contributed by atoms with Crippen molar-refractivity contribution in [3.8, 4) is 0 Å². The molecule has 0 bridgehead atoms. The van der Waals surface area contributed by atoms with Crippen LogP contribution in [-0.2, 0) is 0 Å². The monoisotopic (exact) mass is 317 g/mol. The van der Waals surface area contributed by atoms with Crippen molar-refractivity contribution in [1.29, 1.82) is 0 Å². The second kappa shape index (κ2) is 5.79. The number of halogens is 1. The molecule has 100 valence electrons. The van der Waals surface area contributed by atoms with E-state index in [4.69, 9.17) is 0 Å². The first-order chi connectivity index (χ1) is 8.99. The number of hydrogen-bond acceptors (Lipinski definition) is 1. The Kier molecular flexibility index (Phi) is 4.31. The molecular formula is C17H20BrN. The van der Waals surface area contributed by atoms with Crippen LogP contribution in [0.15, 0.2) is 40.9 Å². The highest BCUT2D eigenvalue weighted by molar-refractivity contribution is 9.10. The topological polar surface area (TPSA) is 12.0 Å². The van der Waals surface area contributed by atoms with Crippen molar-refractivity contribution in [3.05, 3.63) is 63.1 Å². The molecule has 0 aromatic heterocycles. The lowest BCUT2D eigenvalue weighted by Crippen LogP contribution is -2.09. The molecule has 1 unspecified atom stereocenters. The molecule has 0 heterocycles. The molecule has 1 atom stereocenters. The minimum Gasteiger partial charge on any atom is -0.377 e. The number of hydrogen-bond donors (Lipinski definition) is 1. The second-order valence-corrected chi connectivity index (χ2v) is 6.02. The minimum atomic E-state index is 0.291. The molecule has 0 spiro atoms. The number of anilines is 1. The molecule has 2 heteroatoms. The highest BCUT2D eigenvalue weighted by atomic mass is 79.9. The van der Waals surface area contributed by atoms with Gasteiger partial charge in [0.15, 0.2) is 0 Å². The molecule has 0 aliphatic rings. The molecule has 1 N–H and O–H groups in total. The Bertz CT molecular complexity index is 567. The lowest BCUT2D eigenvalue weighted by Gasteiger charge is -2.20. The average molecular weight is 318 g/mol. The molecule has 19 heavy (non-hydrogen) atoms. The van der Waals surface area contributed by atoms with E-state index in [1.165, 1.54) is 27.9 Å². The van der Waals surface area contributed by atoms with Crippen LogP contribution in [0.2, 0.25) is 0 Å². The third-order valence-corrected chi connectivity index (χ3v) is 4.07. The molecule has 0 aliphatic carbocycles. The molecule has 0 fully saturated rings. The number of nitrogens with one attached hydrogen (secondary N) is 1. The molecule has 0 amide bonds. The molecule has 2 rings (SSSR count). The maximum absolute atomic E-state index is 3.66. The summed E-state index contributed by atoms with van der Waals surface area (Å²) in [5.41, 5.74) is 6.39. The molecule has 1 nitrogen and oxygen atoms in total. The van der Waals surface area contributed by atoms with Crippen molar-refractivity contribution < 1.29 is 0 Å². The van der Waals surface area contributed by atoms with Gasteiger partial charge in [-0.25, -0.2) is 0 Å². The van der Waals surface area contributed by atoms with Crippen LogP contribution >= 0.6 is 15.9 Å². The van der Waals surface area contributed by atoms with Crippen LogP contribution in [0.1, 0.15) is 35.2 Å². The Morgan fingerprint density at radius 1 is 1.00 bits per heavy atom. The van der Waals surface area contributed by atoms with Gasteiger partial charge in [0.25, 0.3) is 0 Å². The minimum absolute atomic E-state index is 0.291. The van der Waals surface area contributed by atoms with Crippen LogP contribution in [0.5, 0.6) is 0 Å². The summed E-state index contributed by atoms with van der Waals surface area (Å²) < 4.78 is 1.13. The van der Waals surface area contributed by atoms with Gasteiger partial charge in [0.05, 0.1) is 5.69 Å². The van der Waals surface area contributed by atoms with Crippen LogP contribution in [-0.4, -0.2) is 0 Å². The first-order valence-electron chi connectivity index (χ1n) is 6.58. The molecular weight excluding hydrogens is 298 g/mol. The third kappa shape index (κ3) is 3.19. The first-order valence-corrected chi connectivity index (χ1v) is 7.37. The number of aryl methyl sites for hydroxylation is 3. The fourth-order valence-corrected chi connectivity index (χ4v) is 3.25. The van der Waals surface area contributed by atoms with Crippen molar-refractivity contribution in [3.63, 3.8) is 0 Å². The van der Waals surface area contributed by atoms with Gasteiger partial charge in [-0.05, 0) is 71.9 Å². The van der Waals surface area contributed by atoms with Crippen molar-refractivity contribution in [2.24, 2.45) is 0 Å². The summed E-state index contributed by atoms with van der Waals surface area (Å²) in [6.45, 7) is 8.62. The predicted octanol–water partition coefficient (Wildman–Crippen LogP) is 5.55. The van der Waals surface area contributed by atoms with E-state index in [9.17, 15) is 0 Å². The van der Waals surface area contributed by atoms with E-state index in [1.807, 2.05) is 0 Å². The SMILES string of the molecule is Cc1cc(C)c(NC(C)c2ccccc2C)c(Br)c1. The number of benzene rings is 2. The first kappa shape index (κ1) is 14.1. The van der Waals surface area contributed by atoms with Gasteiger partial charge in [-0.1, -0.05) is 30.3 Å². The third-order valence-electron chi connectivity index (χ3n) is 3.45. The Hall–Kier alpha value is -1.28. The van der Waals surface area contributed by atoms with Crippen LogP contribution in [0, 0.1) is 20.8 Å². The summed E-state index contributed by atoms with van der Waals surface area (Å²) in [5, 5.41) is 3.62. The molecule has 0 saturated heterocycles. The summed E-state index contributed by atoms with van der Waals surface area (Å²) in [6.07, 6.45) is 0. The van der Waals surface area contributed by atoms with E-state index in [-0.39, 0.29) is 0 Å². The lowest BCUT2D eigenvalue weighted by molar-refractivity contribution is 0.871. The van der Waals surface area contributed by atoms with Gasteiger partial charge in [-0.15, -0.1) is 0 Å². The van der Waals surface area contributed by atoms with E-state index in [2.05, 4.69) is 85.3 Å². The van der Waals surface area contributed by atoms with Gasteiger partial charge >= 0.3 is 0 Å². The zero-order valence-electron chi connectivity index (χ0n) is 11.9. The van der Waals surface area contributed by atoms with Crippen LogP contribution in [0.25, 0.3) is 0 Å². The predicted molar refractivity (Wildman–Crippen MR) is 86.8 cm³/mol. The van der Waals surface area contributed by atoms with Crippen molar-refractivity contribution in [1.82, 2.24) is 0 Å². The Balaban J connectivity index is 2.29. The molecule has 0 saturated carbocycles. The maximum Gasteiger partial charge on any atom is 0.0519 e. The van der Waals surface area contributed by atoms with E-state index in [0.29, 0.717) is 6.04 Å². The van der Waals surface area contributed by atoms with E-state index >= 15 is 0 Å². The molecule has 0 radical (unpaired) electrons. The summed E-state index contributed by atoms with van der Waals surface area (Å²) in [4.78, 5) is 0. The quantitative estimate of drug-likeness (QED) is 0.782. The van der Waals surface area contributed by atoms with E-state index in [0.717, 1.165) is 4.47 Å². The Labute approximate surface area is 124 Å². The Morgan fingerprint density at radius 2 is 1.68 bits per heavy atom.